The minimum Gasteiger partial charge on any atom is -0.618 e. The maximum atomic E-state index is 10.7. The molecule has 0 aliphatic carbocycles. The van der Waals surface area contributed by atoms with Crippen LogP contribution < -0.4 is 4.73 Å². The molecular formula is C5H4N2O3S. The first-order valence-electron chi connectivity index (χ1n) is 2.68. The van der Waals surface area contributed by atoms with Gasteiger partial charge in [-0.05, 0) is 0 Å². The van der Waals surface area contributed by atoms with E-state index in [9.17, 15) is 15.3 Å². The predicted octanol–water partition coefficient (Wildman–Crippen LogP) is 0.517. The summed E-state index contributed by atoms with van der Waals surface area (Å²) in [5.74, 6) is 0. The van der Waals surface area contributed by atoms with Crippen molar-refractivity contribution in [2.45, 2.75) is 5.03 Å². The number of nitrogens with zero attached hydrogens (tertiary/aromatic N) is 2. The van der Waals surface area contributed by atoms with Gasteiger partial charge in [-0.15, -0.1) is 0 Å². The van der Waals surface area contributed by atoms with Gasteiger partial charge in [-0.3, -0.25) is 10.1 Å². The van der Waals surface area contributed by atoms with Crippen molar-refractivity contribution in [3.05, 3.63) is 33.7 Å². The molecule has 0 saturated carbocycles. The molecule has 0 aliphatic rings. The summed E-state index contributed by atoms with van der Waals surface area (Å²) in [5, 5.41) is 20.7. The Morgan fingerprint density at radius 3 is 2.73 bits per heavy atom. The predicted molar refractivity (Wildman–Crippen MR) is 39.3 cm³/mol. The lowest BCUT2D eigenvalue weighted by atomic mass is 10.4. The third-order valence-corrected chi connectivity index (χ3v) is 1.54. The highest BCUT2D eigenvalue weighted by molar-refractivity contribution is 7.80. The zero-order valence-electron chi connectivity index (χ0n) is 5.30. The second-order valence-corrected chi connectivity index (χ2v) is 2.22. The van der Waals surface area contributed by atoms with E-state index in [2.05, 4.69) is 12.6 Å². The van der Waals surface area contributed by atoms with Crippen LogP contribution >= 0.6 is 12.6 Å². The van der Waals surface area contributed by atoms with E-state index in [0.717, 1.165) is 6.20 Å². The molecule has 1 aromatic rings. The van der Waals surface area contributed by atoms with Gasteiger partial charge >= 0.3 is 10.7 Å². The molecule has 1 rings (SSSR count). The molecule has 0 spiro atoms. The summed E-state index contributed by atoms with van der Waals surface area (Å²) in [5.41, 5.74) is -0.286. The van der Waals surface area contributed by atoms with Gasteiger partial charge < -0.3 is 5.21 Å². The van der Waals surface area contributed by atoms with E-state index in [1.54, 1.807) is 0 Å². The van der Waals surface area contributed by atoms with Crippen LogP contribution in [0.15, 0.2) is 23.4 Å². The van der Waals surface area contributed by atoms with Crippen LogP contribution in [0.3, 0.4) is 0 Å². The van der Waals surface area contributed by atoms with Crippen LogP contribution in [0.2, 0.25) is 0 Å². The first kappa shape index (κ1) is 7.80. The Kier molecular flexibility index (Phi) is 1.95. The normalized spacial score (nSPS) is 9.55. The fraction of sp³-hybridized carbons (Fsp3) is 0. The molecule has 1 heterocycles. The molecule has 0 amide bonds. The molecular weight excluding hydrogens is 168 g/mol. The summed E-state index contributed by atoms with van der Waals surface area (Å²) in [7, 11) is 0. The minimum atomic E-state index is -0.656. The van der Waals surface area contributed by atoms with Crippen molar-refractivity contribution < 1.29 is 9.65 Å². The van der Waals surface area contributed by atoms with Gasteiger partial charge in [0.2, 0.25) is 0 Å². The van der Waals surface area contributed by atoms with Crippen LogP contribution in [-0.4, -0.2) is 4.92 Å². The fourth-order valence-electron chi connectivity index (χ4n) is 0.613. The van der Waals surface area contributed by atoms with E-state index in [1.807, 2.05) is 0 Å². The summed E-state index contributed by atoms with van der Waals surface area (Å²) in [6, 6.07) is 2.52. The number of rotatable bonds is 1. The lowest BCUT2D eigenvalue weighted by molar-refractivity contribution is -0.650. The lowest BCUT2D eigenvalue weighted by Crippen LogP contribution is -2.27. The molecule has 0 fully saturated rings. The fourth-order valence-corrected chi connectivity index (χ4v) is 0.836. The van der Waals surface area contributed by atoms with Gasteiger partial charge in [0.05, 0.1) is 4.92 Å². The molecule has 0 radical (unpaired) electrons. The lowest BCUT2D eigenvalue weighted by Gasteiger charge is -1.97. The van der Waals surface area contributed by atoms with E-state index in [0.29, 0.717) is 4.73 Å². The molecule has 6 heteroatoms. The largest absolute Gasteiger partial charge is 0.618 e. The Hall–Kier alpha value is -1.30. The topological polar surface area (TPSA) is 70.1 Å². The molecule has 0 aromatic carbocycles. The van der Waals surface area contributed by atoms with Gasteiger partial charge in [-0.25, -0.2) is 0 Å². The van der Waals surface area contributed by atoms with Gasteiger partial charge in [0.1, 0.15) is 0 Å². The summed E-state index contributed by atoms with van der Waals surface area (Å²) in [6.45, 7) is 0. The summed E-state index contributed by atoms with van der Waals surface area (Å²) < 4.78 is 0.335. The zero-order valence-corrected chi connectivity index (χ0v) is 6.19. The number of pyridine rings is 1. The first-order chi connectivity index (χ1) is 5.13. The molecule has 0 bridgehead atoms. The Balaban J connectivity index is 3.27. The van der Waals surface area contributed by atoms with E-state index in [1.165, 1.54) is 12.1 Å². The van der Waals surface area contributed by atoms with Crippen LogP contribution in [0, 0.1) is 15.3 Å². The molecule has 0 atom stereocenters. The average Bonchev–Trinajstić information content (AvgIpc) is 1.94. The van der Waals surface area contributed by atoms with E-state index in [-0.39, 0.29) is 10.7 Å². The monoisotopic (exact) mass is 172 g/mol. The van der Waals surface area contributed by atoms with Gasteiger partial charge in [0.25, 0.3) is 0 Å². The standard InChI is InChI=1S/C5H4N2O3S/c8-6-3-1-2-4(5(6)11)7(9)10/h1-3,11H. The van der Waals surface area contributed by atoms with E-state index >= 15 is 0 Å². The summed E-state index contributed by atoms with van der Waals surface area (Å²) in [4.78, 5) is 9.52. The van der Waals surface area contributed by atoms with Crippen molar-refractivity contribution in [3.63, 3.8) is 0 Å². The van der Waals surface area contributed by atoms with Crippen molar-refractivity contribution >= 4 is 18.3 Å². The van der Waals surface area contributed by atoms with Crippen LogP contribution in [0.4, 0.5) is 5.69 Å². The molecule has 1 aromatic heterocycles. The van der Waals surface area contributed by atoms with Crippen molar-refractivity contribution in [2.24, 2.45) is 0 Å². The molecule has 58 valence electrons. The van der Waals surface area contributed by atoms with Crippen molar-refractivity contribution in [1.82, 2.24) is 0 Å². The van der Waals surface area contributed by atoms with Crippen molar-refractivity contribution in [1.29, 1.82) is 0 Å². The van der Waals surface area contributed by atoms with Crippen LogP contribution in [0.1, 0.15) is 0 Å². The molecule has 0 unspecified atom stereocenters. The van der Waals surface area contributed by atoms with Crippen molar-refractivity contribution in [3.8, 4) is 0 Å². The molecule has 5 nitrogen and oxygen atoms in total. The highest BCUT2D eigenvalue weighted by Crippen LogP contribution is 2.16. The van der Waals surface area contributed by atoms with Crippen LogP contribution in [0.25, 0.3) is 0 Å². The number of nitro groups is 1. The second-order valence-electron chi connectivity index (χ2n) is 1.80. The second kappa shape index (κ2) is 2.75. The average molecular weight is 172 g/mol. The third kappa shape index (κ3) is 1.40. The number of hydrogen-bond acceptors (Lipinski definition) is 4. The Labute approximate surface area is 67.4 Å². The zero-order chi connectivity index (χ0) is 8.43. The maximum absolute atomic E-state index is 10.7. The van der Waals surface area contributed by atoms with Crippen LogP contribution in [0.5, 0.6) is 0 Å². The third-order valence-electron chi connectivity index (χ3n) is 1.11. The highest BCUT2D eigenvalue weighted by Gasteiger charge is 2.17. The van der Waals surface area contributed by atoms with Gasteiger partial charge in [0.15, 0.2) is 6.20 Å². The molecule has 0 N–H and O–H groups in total. The van der Waals surface area contributed by atoms with E-state index in [4.69, 9.17) is 0 Å². The molecule has 0 saturated heterocycles. The minimum absolute atomic E-state index is 0.197. The smallest absolute Gasteiger partial charge is 0.348 e. The van der Waals surface area contributed by atoms with Crippen molar-refractivity contribution in [2.75, 3.05) is 0 Å². The van der Waals surface area contributed by atoms with E-state index < -0.39 is 4.92 Å². The SMILES string of the molecule is O=[N+]([O-])c1ccc[n+]([O-])c1S. The number of thiol groups is 1. The Morgan fingerprint density at radius 1 is 1.64 bits per heavy atom. The Bertz CT molecular complexity index is 302. The first-order valence-corrected chi connectivity index (χ1v) is 3.13. The van der Waals surface area contributed by atoms with Gasteiger partial charge in [-0.2, -0.15) is 4.73 Å². The quantitative estimate of drug-likeness (QED) is 0.221. The highest BCUT2D eigenvalue weighted by atomic mass is 32.1. The Morgan fingerprint density at radius 2 is 2.27 bits per heavy atom. The molecule has 0 aliphatic heterocycles. The van der Waals surface area contributed by atoms with Gasteiger partial charge in [-0.1, -0.05) is 12.6 Å². The number of hydrogen-bond donors (Lipinski definition) is 1. The van der Waals surface area contributed by atoms with Gasteiger partial charge in [0, 0.05) is 12.1 Å². The molecule has 11 heavy (non-hydrogen) atoms. The summed E-state index contributed by atoms with van der Waals surface area (Å²) in [6.07, 6.45) is 1.15. The summed E-state index contributed by atoms with van der Waals surface area (Å²) >= 11 is 3.66. The number of aromatic nitrogens is 1. The van der Waals surface area contributed by atoms with Crippen LogP contribution in [-0.2, 0) is 0 Å². The maximum Gasteiger partial charge on any atom is 0.348 e.